The summed E-state index contributed by atoms with van der Waals surface area (Å²) in [6.45, 7) is 5.12. The number of hydrogen-bond acceptors (Lipinski definition) is 6. The molecule has 3 N–H and O–H groups in total. The zero-order valence-electron chi connectivity index (χ0n) is 18.9. The molecule has 0 unspecified atom stereocenters. The van der Waals surface area contributed by atoms with Crippen LogP contribution >= 0.6 is 0 Å². The zero-order valence-corrected chi connectivity index (χ0v) is 18.9. The lowest BCUT2D eigenvalue weighted by Crippen LogP contribution is -2.39. The number of anilines is 1. The predicted molar refractivity (Wildman–Crippen MR) is 120 cm³/mol. The van der Waals surface area contributed by atoms with Crippen molar-refractivity contribution in [2.75, 3.05) is 26.1 Å². The summed E-state index contributed by atoms with van der Waals surface area (Å²) >= 11 is 0. The van der Waals surface area contributed by atoms with E-state index in [9.17, 15) is 14.4 Å². The maximum absolute atomic E-state index is 12.9. The minimum absolute atomic E-state index is 0.147. The number of para-hydroxylation sites is 1. The van der Waals surface area contributed by atoms with E-state index in [4.69, 9.17) is 14.2 Å². The van der Waals surface area contributed by atoms with Gasteiger partial charge in [-0.2, -0.15) is 0 Å². The highest BCUT2D eigenvalue weighted by Gasteiger charge is 2.20. The van der Waals surface area contributed by atoms with Crippen molar-refractivity contribution in [3.05, 3.63) is 53.6 Å². The first-order valence-electron chi connectivity index (χ1n) is 9.98. The SMILES string of the molecule is COc1cccc(OC)c1C(=O)Nc1ccccc1CNC(=O)CNC(=O)OC(C)(C)C. The summed E-state index contributed by atoms with van der Waals surface area (Å²) in [5, 5.41) is 7.94. The van der Waals surface area contributed by atoms with Gasteiger partial charge in [0, 0.05) is 12.2 Å². The van der Waals surface area contributed by atoms with Gasteiger partial charge in [0.25, 0.3) is 5.91 Å². The Hall–Kier alpha value is -3.75. The first-order chi connectivity index (χ1) is 15.1. The molecule has 2 aromatic carbocycles. The van der Waals surface area contributed by atoms with E-state index in [0.29, 0.717) is 22.7 Å². The third-order valence-electron chi connectivity index (χ3n) is 4.19. The molecule has 9 heteroatoms. The van der Waals surface area contributed by atoms with E-state index in [-0.39, 0.29) is 18.7 Å². The van der Waals surface area contributed by atoms with Gasteiger partial charge in [-0.3, -0.25) is 9.59 Å². The molecule has 32 heavy (non-hydrogen) atoms. The molecule has 0 aromatic heterocycles. The smallest absolute Gasteiger partial charge is 0.408 e. The van der Waals surface area contributed by atoms with Crippen LogP contribution in [0.4, 0.5) is 10.5 Å². The number of ether oxygens (including phenoxy) is 3. The molecule has 0 atom stereocenters. The number of carbonyl (C=O) groups excluding carboxylic acids is 3. The second kappa shape index (κ2) is 11.0. The van der Waals surface area contributed by atoms with Crippen LogP contribution in [-0.4, -0.2) is 44.3 Å². The van der Waals surface area contributed by atoms with Gasteiger partial charge in [0.15, 0.2) is 0 Å². The fourth-order valence-electron chi connectivity index (χ4n) is 2.78. The summed E-state index contributed by atoms with van der Waals surface area (Å²) in [6.07, 6.45) is -0.675. The highest BCUT2D eigenvalue weighted by molar-refractivity contribution is 6.08. The number of hydrogen-bond donors (Lipinski definition) is 3. The van der Waals surface area contributed by atoms with E-state index in [1.165, 1.54) is 14.2 Å². The topological polar surface area (TPSA) is 115 Å². The quantitative estimate of drug-likeness (QED) is 0.578. The number of rotatable bonds is 8. The van der Waals surface area contributed by atoms with Crippen molar-refractivity contribution in [3.63, 3.8) is 0 Å². The van der Waals surface area contributed by atoms with Crippen LogP contribution in [0.2, 0.25) is 0 Å². The van der Waals surface area contributed by atoms with Crippen LogP contribution in [-0.2, 0) is 16.1 Å². The normalized spacial score (nSPS) is 10.7. The highest BCUT2D eigenvalue weighted by atomic mass is 16.6. The Morgan fingerprint density at radius 2 is 1.50 bits per heavy atom. The summed E-state index contributed by atoms with van der Waals surface area (Å²) in [7, 11) is 2.95. The maximum Gasteiger partial charge on any atom is 0.408 e. The van der Waals surface area contributed by atoms with Gasteiger partial charge in [0.05, 0.1) is 14.2 Å². The number of carbonyl (C=O) groups is 3. The van der Waals surface area contributed by atoms with E-state index in [1.807, 2.05) is 0 Å². The van der Waals surface area contributed by atoms with Gasteiger partial charge in [-0.25, -0.2) is 4.79 Å². The van der Waals surface area contributed by atoms with Gasteiger partial charge in [0.2, 0.25) is 5.91 Å². The minimum atomic E-state index is -0.675. The Kier molecular flexibility index (Phi) is 8.46. The van der Waals surface area contributed by atoms with Gasteiger partial charge in [-0.05, 0) is 44.5 Å². The second-order valence-corrected chi connectivity index (χ2v) is 7.78. The van der Waals surface area contributed by atoms with Crippen molar-refractivity contribution < 1.29 is 28.6 Å². The fraction of sp³-hybridized carbons (Fsp3) is 0.348. The average Bonchev–Trinajstić information content (AvgIpc) is 2.75. The van der Waals surface area contributed by atoms with Crippen molar-refractivity contribution in [3.8, 4) is 11.5 Å². The zero-order chi connectivity index (χ0) is 23.7. The van der Waals surface area contributed by atoms with Crippen LogP contribution in [0.3, 0.4) is 0 Å². The molecule has 0 saturated heterocycles. The summed E-state index contributed by atoms with van der Waals surface area (Å²) in [6, 6.07) is 12.1. The summed E-state index contributed by atoms with van der Waals surface area (Å²) in [5.74, 6) is -0.0604. The molecule has 2 rings (SSSR count). The van der Waals surface area contributed by atoms with Crippen LogP contribution in [0, 0.1) is 0 Å². The van der Waals surface area contributed by atoms with Crippen LogP contribution in [0.25, 0.3) is 0 Å². The van der Waals surface area contributed by atoms with Crippen LogP contribution in [0.1, 0.15) is 36.7 Å². The van der Waals surface area contributed by atoms with Crippen molar-refractivity contribution in [2.24, 2.45) is 0 Å². The largest absolute Gasteiger partial charge is 0.496 e. The van der Waals surface area contributed by atoms with Crippen molar-refractivity contribution in [2.45, 2.75) is 32.9 Å². The number of amides is 3. The predicted octanol–water partition coefficient (Wildman–Crippen LogP) is 3.10. The standard InChI is InChI=1S/C23H29N3O6/c1-23(2,3)32-22(29)25-14-19(27)24-13-15-9-6-7-10-16(15)26-21(28)20-17(30-4)11-8-12-18(20)31-5/h6-12H,13-14H2,1-5H3,(H,24,27)(H,25,29)(H,26,28). The molecular weight excluding hydrogens is 414 g/mol. The second-order valence-electron chi connectivity index (χ2n) is 7.78. The molecule has 0 heterocycles. The molecule has 0 aliphatic heterocycles. The molecule has 0 radical (unpaired) electrons. The number of benzene rings is 2. The van der Waals surface area contributed by atoms with Gasteiger partial charge < -0.3 is 30.2 Å². The number of nitrogens with one attached hydrogen (secondary N) is 3. The molecule has 0 spiro atoms. The van der Waals surface area contributed by atoms with Gasteiger partial charge >= 0.3 is 6.09 Å². The Labute approximate surface area is 187 Å². The number of alkyl carbamates (subject to hydrolysis) is 1. The van der Waals surface area contributed by atoms with E-state index in [0.717, 1.165) is 0 Å². The summed E-state index contributed by atoms with van der Waals surface area (Å²) in [4.78, 5) is 36.7. The van der Waals surface area contributed by atoms with Crippen LogP contribution in [0.5, 0.6) is 11.5 Å². The van der Waals surface area contributed by atoms with Gasteiger partial charge in [-0.15, -0.1) is 0 Å². The molecule has 2 aromatic rings. The third-order valence-corrected chi connectivity index (χ3v) is 4.19. The average molecular weight is 444 g/mol. The lowest BCUT2D eigenvalue weighted by Gasteiger charge is -2.19. The molecule has 0 aliphatic rings. The van der Waals surface area contributed by atoms with Crippen molar-refractivity contribution >= 4 is 23.6 Å². The monoisotopic (exact) mass is 443 g/mol. The molecular formula is C23H29N3O6. The van der Waals surface area contributed by atoms with E-state index in [2.05, 4.69) is 16.0 Å². The minimum Gasteiger partial charge on any atom is -0.496 e. The fourth-order valence-corrected chi connectivity index (χ4v) is 2.78. The maximum atomic E-state index is 12.9. The molecule has 0 fully saturated rings. The Balaban J connectivity index is 2.02. The molecule has 0 bridgehead atoms. The third kappa shape index (κ3) is 7.19. The van der Waals surface area contributed by atoms with Crippen LogP contribution in [0.15, 0.2) is 42.5 Å². The molecule has 3 amide bonds. The summed E-state index contributed by atoms with van der Waals surface area (Å²) < 4.78 is 15.7. The Morgan fingerprint density at radius 3 is 2.09 bits per heavy atom. The van der Waals surface area contributed by atoms with Gasteiger partial charge in [-0.1, -0.05) is 24.3 Å². The first kappa shape index (κ1) is 24.5. The van der Waals surface area contributed by atoms with Crippen LogP contribution < -0.4 is 25.4 Å². The highest BCUT2D eigenvalue weighted by Crippen LogP contribution is 2.29. The Bertz CT molecular complexity index is 946. The Morgan fingerprint density at radius 1 is 0.875 bits per heavy atom. The van der Waals surface area contributed by atoms with Crippen molar-refractivity contribution in [1.82, 2.24) is 10.6 Å². The number of methoxy groups -OCH3 is 2. The van der Waals surface area contributed by atoms with Gasteiger partial charge in [0.1, 0.15) is 29.2 Å². The first-order valence-corrected chi connectivity index (χ1v) is 9.98. The lowest BCUT2D eigenvalue weighted by atomic mass is 10.1. The molecule has 172 valence electrons. The van der Waals surface area contributed by atoms with E-state index in [1.54, 1.807) is 63.2 Å². The molecule has 0 aliphatic carbocycles. The van der Waals surface area contributed by atoms with Crippen molar-refractivity contribution in [1.29, 1.82) is 0 Å². The molecule has 9 nitrogen and oxygen atoms in total. The van der Waals surface area contributed by atoms with E-state index < -0.39 is 23.5 Å². The summed E-state index contributed by atoms with van der Waals surface area (Å²) in [5.41, 5.74) is 0.811. The molecule has 0 saturated carbocycles. The van der Waals surface area contributed by atoms with E-state index >= 15 is 0 Å². The lowest BCUT2D eigenvalue weighted by molar-refractivity contribution is -0.120.